The molecule has 0 spiro atoms. The zero-order valence-electron chi connectivity index (χ0n) is 21.4. The number of unbranched alkanes of at least 4 members (excludes halogenated alkanes) is 2. The molecule has 0 aliphatic carbocycles. The Morgan fingerprint density at radius 1 is 1.14 bits per heavy atom. The van der Waals surface area contributed by atoms with E-state index in [2.05, 4.69) is 18.6 Å². The van der Waals surface area contributed by atoms with Gasteiger partial charge < -0.3 is 19.5 Å². The molecule has 2 N–H and O–H groups in total. The SMILES string of the molecule is CCCCN(CCCC)C(=O)CN1C[C@H](c2ccc3c(c2)OCO3)[C@@H](C(=O)O)[C@@H]1CCNS(C)(=O)=O. The second-order valence-electron chi connectivity index (χ2n) is 9.62. The third-order valence-electron chi connectivity index (χ3n) is 6.92. The molecule has 1 fully saturated rings. The number of ether oxygens (including phenoxy) is 2. The molecule has 3 rings (SSSR count). The molecule has 1 aromatic rings. The van der Waals surface area contributed by atoms with Crippen LogP contribution in [0.15, 0.2) is 18.2 Å². The van der Waals surface area contributed by atoms with Gasteiger partial charge in [0, 0.05) is 38.1 Å². The topological polar surface area (TPSA) is 125 Å². The molecule has 2 aliphatic heterocycles. The van der Waals surface area contributed by atoms with E-state index in [4.69, 9.17) is 9.47 Å². The van der Waals surface area contributed by atoms with Crippen LogP contribution >= 0.6 is 0 Å². The summed E-state index contributed by atoms with van der Waals surface area (Å²) in [6.07, 6.45) is 5.14. The monoisotopic (exact) mass is 525 g/mol. The largest absolute Gasteiger partial charge is 0.481 e. The summed E-state index contributed by atoms with van der Waals surface area (Å²) in [5, 5.41) is 10.2. The lowest BCUT2D eigenvalue weighted by Crippen LogP contribution is -2.45. The van der Waals surface area contributed by atoms with Gasteiger partial charge in [-0.2, -0.15) is 0 Å². The first kappa shape index (κ1) is 28.2. The van der Waals surface area contributed by atoms with Crippen molar-refractivity contribution in [1.29, 1.82) is 0 Å². The Kier molecular flexibility index (Phi) is 9.98. The van der Waals surface area contributed by atoms with Crippen LogP contribution in [-0.4, -0.2) is 87.0 Å². The molecule has 3 atom stereocenters. The minimum absolute atomic E-state index is 0.0200. The average molecular weight is 526 g/mol. The van der Waals surface area contributed by atoms with Gasteiger partial charge in [-0.15, -0.1) is 0 Å². The van der Waals surface area contributed by atoms with Crippen molar-refractivity contribution in [3.05, 3.63) is 23.8 Å². The van der Waals surface area contributed by atoms with Gasteiger partial charge in [0.2, 0.25) is 22.7 Å². The number of likely N-dealkylation sites (tertiary alicyclic amines) is 1. The second-order valence-corrected chi connectivity index (χ2v) is 11.5. The van der Waals surface area contributed by atoms with Crippen LogP contribution in [-0.2, 0) is 19.6 Å². The highest BCUT2D eigenvalue weighted by molar-refractivity contribution is 7.88. The molecule has 10 nitrogen and oxygen atoms in total. The first-order chi connectivity index (χ1) is 17.1. The van der Waals surface area contributed by atoms with Crippen LogP contribution in [0.5, 0.6) is 11.5 Å². The van der Waals surface area contributed by atoms with Crippen molar-refractivity contribution in [3.8, 4) is 11.5 Å². The smallest absolute Gasteiger partial charge is 0.308 e. The first-order valence-corrected chi connectivity index (χ1v) is 14.6. The van der Waals surface area contributed by atoms with E-state index >= 15 is 0 Å². The number of fused-ring (bicyclic) bond motifs is 1. The zero-order valence-corrected chi connectivity index (χ0v) is 22.3. The molecule has 11 heteroatoms. The fourth-order valence-corrected chi connectivity index (χ4v) is 5.55. The maximum absolute atomic E-state index is 13.4. The van der Waals surface area contributed by atoms with Crippen molar-refractivity contribution < 1.29 is 32.6 Å². The lowest BCUT2D eigenvalue weighted by Gasteiger charge is -2.29. The van der Waals surface area contributed by atoms with Crippen molar-refractivity contribution in [2.75, 3.05) is 45.8 Å². The number of nitrogens with zero attached hydrogens (tertiary/aromatic N) is 2. The highest BCUT2D eigenvalue weighted by atomic mass is 32.2. The fourth-order valence-electron chi connectivity index (χ4n) is 5.06. The molecule has 1 saturated heterocycles. The van der Waals surface area contributed by atoms with Gasteiger partial charge >= 0.3 is 5.97 Å². The maximum atomic E-state index is 13.4. The Morgan fingerprint density at radius 3 is 2.42 bits per heavy atom. The molecule has 1 aromatic carbocycles. The Bertz CT molecular complexity index is 1010. The van der Waals surface area contributed by atoms with E-state index in [9.17, 15) is 23.1 Å². The molecular weight excluding hydrogens is 486 g/mol. The Labute approximate surface area is 214 Å². The summed E-state index contributed by atoms with van der Waals surface area (Å²) in [6.45, 7) is 6.22. The molecule has 0 saturated carbocycles. The van der Waals surface area contributed by atoms with E-state index in [1.165, 1.54) is 0 Å². The number of sulfonamides is 1. The third kappa shape index (κ3) is 7.33. The van der Waals surface area contributed by atoms with Crippen LogP contribution < -0.4 is 14.2 Å². The van der Waals surface area contributed by atoms with Crippen LogP contribution in [0.1, 0.15) is 57.4 Å². The summed E-state index contributed by atoms with van der Waals surface area (Å²) in [6, 6.07) is 4.94. The predicted octanol–water partition coefficient (Wildman–Crippen LogP) is 2.25. The first-order valence-electron chi connectivity index (χ1n) is 12.7. The quantitative estimate of drug-likeness (QED) is 0.379. The number of nitrogens with one attached hydrogen (secondary N) is 1. The van der Waals surface area contributed by atoms with Gasteiger partial charge in [0.15, 0.2) is 11.5 Å². The van der Waals surface area contributed by atoms with Crippen LogP contribution in [0.4, 0.5) is 0 Å². The summed E-state index contributed by atoms with van der Waals surface area (Å²) >= 11 is 0. The van der Waals surface area contributed by atoms with Crippen LogP contribution in [0.3, 0.4) is 0 Å². The number of hydrogen-bond donors (Lipinski definition) is 2. The summed E-state index contributed by atoms with van der Waals surface area (Å²) in [4.78, 5) is 29.7. The molecule has 0 radical (unpaired) electrons. The van der Waals surface area contributed by atoms with Crippen molar-refractivity contribution in [2.24, 2.45) is 5.92 Å². The molecule has 2 aliphatic rings. The van der Waals surface area contributed by atoms with E-state index in [1.54, 1.807) is 6.07 Å². The minimum atomic E-state index is -3.42. The van der Waals surface area contributed by atoms with Crippen molar-refractivity contribution >= 4 is 21.9 Å². The maximum Gasteiger partial charge on any atom is 0.308 e. The fraction of sp³-hybridized carbons (Fsp3) is 0.680. The third-order valence-corrected chi connectivity index (χ3v) is 7.65. The summed E-state index contributed by atoms with van der Waals surface area (Å²) in [5.41, 5.74) is 0.802. The number of carbonyl (C=O) groups excluding carboxylic acids is 1. The van der Waals surface area contributed by atoms with Crippen molar-refractivity contribution in [1.82, 2.24) is 14.5 Å². The van der Waals surface area contributed by atoms with Gasteiger partial charge in [0.05, 0.1) is 18.7 Å². The van der Waals surface area contributed by atoms with Gasteiger partial charge in [-0.25, -0.2) is 13.1 Å². The summed E-state index contributed by atoms with van der Waals surface area (Å²) < 4.78 is 36.6. The Balaban J connectivity index is 1.85. The van der Waals surface area contributed by atoms with E-state index in [0.717, 1.165) is 37.5 Å². The molecule has 2 heterocycles. The number of carboxylic acids is 1. The van der Waals surface area contributed by atoms with Gasteiger partial charge in [-0.1, -0.05) is 32.8 Å². The second kappa shape index (κ2) is 12.7. The van der Waals surface area contributed by atoms with Gasteiger partial charge in [0.25, 0.3) is 0 Å². The van der Waals surface area contributed by atoms with Gasteiger partial charge in [0.1, 0.15) is 0 Å². The Hall–Kier alpha value is -2.37. The number of hydrogen-bond acceptors (Lipinski definition) is 7. The summed E-state index contributed by atoms with van der Waals surface area (Å²) in [7, 11) is -3.42. The number of rotatable bonds is 14. The minimum Gasteiger partial charge on any atom is -0.481 e. The highest BCUT2D eigenvalue weighted by Crippen LogP contribution is 2.42. The molecule has 0 unspecified atom stereocenters. The normalized spacial score (nSPS) is 21.6. The molecule has 0 aromatic heterocycles. The van der Waals surface area contributed by atoms with Crippen LogP contribution in [0, 0.1) is 5.92 Å². The van der Waals surface area contributed by atoms with E-state index in [1.807, 2.05) is 21.9 Å². The molecule has 1 amide bonds. The van der Waals surface area contributed by atoms with E-state index in [-0.39, 0.29) is 38.1 Å². The number of carbonyl (C=O) groups is 2. The number of carboxylic acid groups (broad SMARTS) is 1. The highest BCUT2D eigenvalue weighted by Gasteiger charge is 2.47. The van der Waals surface area contributed by atoms with Gasteiger partial charge in [-0.05, 0) is 37.0 Å². The standard InChI is InChI=1S/C25H39N3O7S/c1-4-6-12-27(13-7-5-2)23(29)16-28-15-19(18-8-9-21-22(14-18)35-17-34-21)24(25(30)31)20(28)10-11-26-36(3,32)33/h8-9,14,19-20,24,26H,4-7,10-13,15-17H2,1-3H3,(H,30,31)/t19-,20+,24-/m1/s1. The Morgan fingerprint density at radius 2 is 1.81 bits per heavy atom. The van der Waals surface area contributed by atoms with Crippen LogP contribution in [0.25, 0.3) is 0 Å². The molecule has 202 valence electrons. The molecular formula is C25H39N3O7S. The molecule has 36 heavy (non-hydrogen) atoms. The number of amides is 1. The zero-order chi connectivity index (χ0) is 26.3. The number of benzene rings is 1. The van der Waals surface area contributed by atoms with Crippen molar-refractivity contribution in [3.63, 3.8) is 0 Å². The predicted molar refractivity (Wildman–Crippen MR) is 136 cm³/mol. The van der Waals surface area contributed by atoms with E-state index in [0.29, 0.717) is 31.1 Å². The average Bonchev–Trinajstić information content (AvgIpc) is 3.42. The van der Waals surface area contributed by atoms with Gasteiger partial charge in [-0.3, -0.25) is 14.5 Å². The van der Waals surface area contributed by atoms with Crippen LogP contribution in [0.2, 0.25) is 0 Å². The number of aliphatic carboxylic acids is 1. The molecule has 0 bridgehead atoms. The lowest BCUT2D eigenvalue weighted by atomic mass is 9.84. The summed E-state index contributed by atoms with van der Waals surface area (Å²) in [5.74, 6) is -0.981. The lowest BCUT2D eigenvalue weighted by molar-refractivity contribution is -0.143. The van der Waals surface area contributed by atoms with E-state index < -0.39 is 28.0 Å². The van der Waals surface area contributed by atoms with Crippen molar-refractivity contribution in [2.45, 2.75) is 57.9 Å².